The largest absolute Gasteiger partial charge is 0.338 e. The highest BCUT2D eigenvalue weighted by Crippen LogP contribution is 2.14. The van der Waals surface area contributed by atoms with Gasteiger partial charge in [-0.05, 0) is 24.6 Å². The summed E-state index contributed by atoms with van der Waals surface area (Å²) in [6, 6.07) is 3.76. The van der Waals surface area contributed by atoms with E-state index in [0.717, 1.165) is 50.5 Å². The Morgan fingerprint density at radius 3 is 2.95 bits per heavy atom. The lowest BCUT2D eigenvalue weighted by atomic mass is 10.3. The van der Waals surface area contributed by atoms with Crippen molar-refractivity contribution in [3.63, 3.8) is 0 Å². The second kappa shape index (κ2) is 6.50. The topological polar surface area (TPSA) is 40.9 Å². The third kappa shape index (κ3) is 3.31. The minimum atomic E-state index is 0.0178. The third-order valence-electron chi connectivity index (χ3n) is 3.93. The van der Waals surface area contributed by atoms with E-state index >= 15 is 0 Å². The first-order chi connectivity index (χ1) is 10.7. The lowest BCUT2D eigenvalue weighted by Crippen LogP contribution is -2.33. The zero-order chi connectivity index (χ0) is 15.5. The number of carbonyl (C=O) groups excluding carboxylic acids is 1. The fraction of sp³-hybridized carbons (Fsp3) is 0.375. The summed E-state index contributed by atoms with van der Waals surface area (Å²) in [7, 11) is 0. The van der Waals surface area contributed by atoms with Crippen LogP contribution in [0.5, 0.6) is 0 Å². The van der Waals surface area contributed by atoms with Crippen LogP contribution >= 0.6 is 11.6 Å². The molecule has 2 aromatic rings. The quantitative estimate of drug-likeness (QED) is 0.815. The SMILES string of the molecule is C=CC(=O)N1CCCN(Cc2cn3cc(Cl)ccc3n2)CC1. The van der Waals surface area contributed by atoms with Crippen LogP contribution in [0.2, 0.25) is 5.02 Å². The Balaban J connectivity index is 1.67. The van der Waals surface area contributed by atoms with Gasteiger partial charge in [-0.15, -0.1) is 0 Å². The van der Waals surface area contributed by atoms with Gasteiger partial charge in [-0.1, -0.05) is 18.2 Å². The van der Waals surface area contributed by atoms with Crippen molar-refractivity contribution in [2.45, 2.75) is 13.0 Å². The molecule has 0 N–H and O–H groups in total. The van der Waals surface area contributed by atoms with Crippen molar-refractivity contribution in [2.24, 2.45) is 0 Å². The molecule has 116 valence electrons. The van der Waals surface area contributed by atoms with Gasteiger partial charge in [-0.25, -0.2) is 4.98 Å². The van der Waals surface area contributed by atoms with Gasteiger partial charge in [0.1, 0.15) is 5.65 Å². The van der Waals surface area contributed by atoms with Crippen LogP contribution < -0.4 is 0 Å². The summed E-state index contributed by atoms with van der Waals surface area (Å²) in [4.78, 5) is 20.5. The first-order valence-corrected chi connectivity index (χ1v) is 7.80. The first-order valence-electron chi connectivity index (χ1n) is 7.42. The molecule has 1 amide bonds. The fourth-order valence-corrected chi connectivity index (χ4v) is 2.97. The molecule has 0 saturated carbocycles. The Morgan fingerprint density at radius 1 is 1.27 bits per heavy atom. The molecule has 0 aromatic carbocycles. The van der Waals surface area contributed by atoms with Crippen molar-refractivity contribution < 1.29 is 4.79 Å². The van der Waals surface area contributed by atoms with E-state index in [1.54, 1.807) is 0 Å². The van der Waals surface area contributed by atoms with Gasteiger partial charge in [-0.2, -0.15) is 0 Å². The second-order valence-electron chi connectivity index (χ2n) is 5.50. The third-order valence-corrected chi connectivity index (χ3v) is 4.15. The number of nitrogens with zero attached hydrogens (tertiary/aromatic N) is 4. The predicted octanol–water partition coefficient (Wildman–Crippen LogP) is 2.21. The van der Waals surface area contributed by atoms with Gasteiger partial charge in [0.15, 0.2) is 0 Å². The summed E-state index contributed by atoms with van der Waals surface area (Å²) >= 11 is 6.00. The van der Waals surface area contributed by atoms with Crippen LogP contribution in [0, 0.1) is 0 Å². The van der Waals surface area contributed by atoms with E-state index in [1.165, 1.54) is 6.08 Å². The maximum Gasteiger partial charge on any atom is 0.245 e. The Labute approximate surface area is 134 Å². The van der Waals surface area contributed by atoms with Gasteiger partial charge in [0.2, 0.25) is 5.91 Å². The smallest absolute Gasteiger partial charge is 0.245 e. The van der Waals surface area contributed by atoms with E-state index in [-0.39, 0.29) is 5.91 Å². The number of fused-ring (bicyclic) bond motifs is 1. The standard InChI is InChI=1S/C16H19ClN4O/c1-2-16(22)20-7-3-6-19(8-9-20)11-14-12-21-10-13(17)4-5-15(21)18-14/h2,4-5,10,12H,1,3,6-9,11H2. The van der Waals surface area contributed by atoms with Crippen LogP contribution in [0.25, 0.3) is 5.65 Å². The molecule has 0 radical (unpaired) electrons. The lowest BCUT2D eigenvalue weighted by Gasteiger charge is -2.20. The average molecular weight is 319 g/mol. The highest BCUT2D eigenvalue weighted by atomic mass is 35.5. The normalized spacial score (nSPS) is 16.7. The van der Waals surface area contributed by atoms with Gasteiger partial charge in [0.05, 0.1) is 10.7 Å². The van der Waals surface area contributed by atoms with Crippen LogP contribution in [0.3, 0.4) is 0 Å². The van der Waals surface area contributed by atoms with Crippen LogP contribution in [-0.4, -0.2) is 51.3 Å². The number of rotatable bonds is 3. The van der Waals surface area contributed by atoms with Gasteiger partial charge in [-0.3, -0.25) is 9.69 Å². The second-order valence-corrected chi connectivity index (χ2v) is 5.94. The summed E-state index contributed by atoms with van der Waals surface area (Å²) < 4.78 is 1.95. The van der Waals surface area contributed by atoms with E-state index < -0.39 is 0 Å². The summed E-state index contributed by atoms with van der Waals surface area (Å²) in [6.07, 6.45) is 6.24. The van der Waals surface area contributed by atoms with Gasteiger partial charge in [0.25, 0.3) is 0 Å². The zero-order valence-corrected chi connectivity index (χ0v) is 13.2. The number of carbonyl (C=O) groups is 1. The number of aromatic nitrogens is 2. The Hall–Kier alpha value is -1.85. The molecular weight excluding hydrogens is 300 g/mol. The molecule has 1 fully saturated rings. The van der Waals surface area contributed by atoms with Crippen LogP contribution in [0.4, 0.5) is 0 Å². The molecule has 1 saturated heterocycles. The lowest BCUT2D eigenvalue weighted by molar-refractivity contribution is -0.125. The number of hydrogen-bond donors (Lipinski definition) is 0. The van der Waals surface area contributed by atoms with E-state index in [9.17, 15) is 4.79 Å². The van der Waals surface area contributed by atoms with Gasteiger partial charge in [0, 0.05) is 45.1 Å². The molecule has 5 nitrogen and oxygen atoms in total. The van der Waals surface area contributed by atoms with E-state index in [0.29, 0.717) is 5.02 Å². The molecule has 22 heavy (non-hydrogen) atoms. The molecular formula is C16H19ClN4O. The van der Waals surface area contributed by atoms with Crippen molar-refractivity contribution in [3.8, 4) is 0 Å². The number of pyridine rings is 1. The highest BCUT2D eigenvalue weighted by molar-refractivity contribution is 6.30. The molecule has 0 atom stereocenters. The molecule has 0 bridgehead atoms. The number of hydrogen-bond acceptors (Lipinski definition) is 3. The van der Waals surface area contributed by atoms with Crippen LogP contribution in [0.15, 0.2) is 37.2 Å². The molecule has 3 rings (SSSR count). The summed E-state index contributed by atoms with van der Waals surface area (Å²) in [5.41, 5.74) is 1.92. The van der Waals surface area contributed by atoms with Crippen molar-refractivity contribution in [1.82, 2.24) is 19.2 Å². The molecule has 1 aliphatic heterocycles. The van der Waals surface area contributed by atoms with Crippen molar-refractivity contribution in [1.29, 1.82) is 0 Å². The number of imidazole rings is 1. The van der Waals surface area contributed by atoms with E-state index in [4.69, 9.17) is 11.6 Å². The molecule has 3 heterocycles. The van der Waals surface area contributed by atoms with Crippen LogP contribution in [-0.2, 0) is 11.3 Å². The summed E-state index contributed by atoms with van der Waals surface area (Å²) in [6.45, 7) is 7.70. The Morgan fingerprint density at radius 2 is 2.14 bits per heavy atom. The van der Waals surface area contributed by atoms with E-state index in [1.807, 2.05) is 33.8 Å². The minimum Gasteiger partial charge on any atom is -0.338 e. The molecule has 6 heteroatoms. The van der Waals surface area contributed by atoms with Gasteiger partial charge >= 0.3 is 0 Å². The van der Waals surface area contributed by atoms with Crippen LogP contribution in [0.1, 0.15) is 12.1 Å². The van der Waals surface area contributed by atoms with E-state index in [2.05, 4.69) is 16.5 Å². The predicted molar refractivity (Wildman–Crippen MR) is 86.9 cm³/mol. The fourth-order valence-electron chi connectivity index (χ4n) is 2.80. The molecule has 2 aromatic heterocycles. The first kappa shape index (κ1) is 15.1. The minimum absolute atomic E-state index is 0.0178. The Kier molecular flexibility index (Phi) is 4.45. The zero-order valence-electron chi connectivity index (χ0n) is 12.4. The molecule has 1 aliphatic rings. The van der Waals surface area contributed by atoms with Gasteiger partial charge < -0.3 is 9.30 Å². The maximum absolute atomic E-state index is 11.7. The monoisotopic (exact) mass is 318 g/mol. The highest BCUT2D eigenvalue weighted by Gasteiger charge is 2.18. The maximum atomic E-state index is 11.7. The number of halogens is 1. The average Bonchev–Trinajstić information content (AvgIpc) is 2.75. The summed E-state index contributed by atoms with van der Waals surface area (Å²) in [5, 5.41) is 0.699. The summed E-state index contributed by atoms with van der Waals surface area (Å²) in [5.74, 6) is 0.0178. The number of amides is 1. The van der Waals surface area contributed by atoms with Crippen molar-refractivity contribution in [3.05, 3.63) is 47.9 Å². The molecule has 0 spiro atoms. The molecule has 0 aliphatic carbocycles. The Bertz CT molecular complexity index is 697. The van der Waals surface area contributed by atoms with Crippen molar-refractivity contribution in [2.75, 3.05) is 26.2 Å². The molecule has 0 unspecified atom stereocenters. The van der Waals surface area contributed by atoms with Crippen molar-refractivity contribution >= 4 is 23.2 Å².